The van der Waals surface area contributed by atoms with Crippen molar-refractivity contribution in [3.63, 3.8) is 0 Å². The largest absolute Gasteiger partial charge is 0.472 e. The summed E-state index contributed by atoms with van der Waals surface area (Å²) in [5, 5.41) is 7.42. The highest BCUT2D eigenvalue weighted by atomic mass is 16.3. The van der Waals surface area contributed by atoms with Crippen LogP contribution in [0, 0.1) is 0 Å². The molecule has 0 amide bonds. The second-order valence-electron chi connectivity index (χ2n) is 4.12. The molecule has 0 aliphatic rings. The summed E-state index contributed by atoms with van der Waals surface area (Å²) in [6.45, 7) is 1.88. The second kappa shape index (κ2) is 5.07. The van der Waals surface area contributed by atoms with Gasteiger partial charge in [0.1, 0.15) is 0 Å². The molecule has 3 aromatic rings. The molecule has 3 aromatic heterocycles. The van der Waals surface area contributed by atoms with Crippen LogP contribution >= 0.6 is 0 Å². The molecule has 98 valence electrons. The standard InChI is InChI=1S/C12H13N5O2/c18-12-16-4-2-14-8-11(16)15-17(12)5-3-13-7-10-1-6-19-9-10/h1-2,4,6,8-9,13H,3,5,7H2. The summed E-state index contributed by atoms with van der Waals surface area (Å²) in [5.41, 5.74) is 1.48. The van der Waals surface area contributed by atoms with E-state index in [1.54, 1.807) is 31.1 Å². The molecule has 1 N–H and O–H groups in total. The van der Waals surface area contributed by atoms with Gasteiger partial charge >= 0.3 is 5.69 Å². The Morgan fingerprint density at radius 3 is 3.16 bits per heavy atom. The Bertz CT molecular complexity index is 713. The zero-order valence-corrected chi connectivity index (χ0v) is 10.2. The third kappa shape index (κ3) is 2.41. The van der Waals surface area contributed by atoms with Crippen LogP contribution in [0.4, 0.5) is 0 Å². The monoisotopic (exact) mass is 259 g/mol. The quantitative estimate of drug-likeness (QED) is 0.666. The Balaban J connectivity index is 1.62. The lowest BCUT2D eigenvalue weighted by Gasteiger charge is -2.01. The van der Waals surface area contributed by atoms with Crippen LogP contribution in [0.25, 0.3) is 5.65 Å². The fourth-order valence-electron chi connectivity index (χ4n) is 1.84. The smallest absolute Gasteiger partial charge is 0.350 e. The van der Waals surface area contributed by atoms with Crippen LogP contribution < -0.4 is 11.0 Å². The number of aromatic nitrogens is 4. The SMILES string of the molecule is O=c1n(CCNCc2ccoc2)nc2cnccn12. The molecule has 0 saturated carbocycles. The number of nitrogens with zero attached hydrogens (tertiary/aromatic N) is 4. The summed E-state index contributed by atoms with van der Waals surface area (Å²) in [7, 11) is 0. The van der Waals surface area contributed by atoms with Crippen LogP contribution in [0.15, 0.2) is 46.4 Å². The van der Waals surface area contributed by atoms with E-state index in [-0.39, 0.29) is 5.69 Å². The van der Waals surface area contributed by atoms with Crippen molar-refractivity contribution in [3.05, 3.63) is 53.2 Å². The molecule has 0 saturated heterocycles. The van der Waals surface area contributed by atoms with Gasteiger partial charge in [-0.05, 0) is 6.07 Å². The van der Waals surface area contributed by atoms with E-state index in [1.165, 1.54) is 9.08 Å². The van der Waals surface area contributed by atoms with Gasteiger partial charge in [-0.1, -0.05) is 0 Å². The lowest BCUT2D eigenvalue weighted by atomic mass is 10.3. The topological polar surface area (TPSA) is 77.4 Å². The average Bonchev–Trinajstić information content (AvgIpc) is 3.04. The fraction of sp³-hybridized carbons (Fsp3) is 0.250. The zero-order valence-electron chi connectivity index (χ0n) is 10.2. The minimum absolute atomic E-state index is 0.150. The molecule has 7 nitrogen and oxygen atoms in total. The van der Waals surface area contributed by atoms with Crippen molar-refractivity contribution in [2.75, 3.05) is 6.54 Å². The molecule has 3 rings (SSSR count). The van der Waals surface area contributed by atoms with Crippen molar-refractivity contribution in [1.82, 2.24) is 24.5 Å². The van der Waals surface area contributed by atoms with Crippen molar-refractivity contribution >= 4 is 5.65 Å². The van der Waals surface area contributed by atoms with Crippen LogP contribution in [-0.4, -0.2) is 25.7 Å². The van der Waals surface area contributed by atoms with E-state index < -0.39 is 0 Å². The first-order valence-electron chi connectivity index (χ1n) is 5.95. The maximum Gasteiger partial charge on any atom is 0.350 e. The van der Waals surface area contributed by atoms with Crippen LogP contribution in [0.2, 0.25) is 0 Å². The van der Waals surface area contributed by atoms with E-state index >= 15 is 0 Å². The zero-order chi connectivity index (χ0) is 13.1. The molecule has 0 spiro atoms. The number of fused-ring (bicyclic) bond motifs is 1. The van der Waals surface area contributed by atoms with Gasteiger partial charge in [-0.15, -0.1) is 5.10 Å². The summed E-state index contributed by atoms with van der Waals surface area (Å²) >= 11 is 0. The predicted molar refractivity (Wildman–Crippen MR) is 67.7 cm³/mol. The molecule has 0 aromatic carbocycles. The normalized spacial score (nSPS) is 11.2. The number of nitrogens with one attached hydrogen (secondary N) is 1. The van der Waals surface area contributed by atoms with Gasteiger partial charge < -0.3 is 9.73 Å². The van der Waals surface area contributed by atoms with Gasteiger partial charge in [0, 0.05) is 31.0 Å². The summed E-state index contributed by atoms with van der Waals surface area (Å²) in [6.07, 6.45) is 8.07. The minimum Gasteiger partial charge on any atom is -0.472 e. The Labute approximate surface area is 108 Å². The molecule has 0 atom stereocenters. The summed E-state index contributed by atoms with van der Waals surface area (Å²) in [5.74, 6) is 0. The maximum absolute atomic E-state index is 11.9. The fourth-order valence-corrected chi connectivity index (χ4v) is 1.84. The Morgan fingerprint density at radius 2 is 2.37 bits per heavy atom. The molecule has 0 radical (unpaired) electrons. The van der Waals surface area contributed by atoms with Crippen LogP contribution in [0.1, 0.15) is 5.56 Å². The predicted octanol–water partition coefficient (Wildman–Crippen LogP) is 0.274. The number of furan rings is 1. The van der Waals surface area contributed by atoms with E-state index in [2.05, 4.69) is 15.4 Å². The van der Waals surface area contributed by atoms with E-state index in [4.69, 9.17) is 4.42 Å². The van der Waals surface area contributed by atoms with Crippen LogP contribution in [0.5, 0.6) is 0 Å². The number of hydrogen-bond donors (Lipinski definition) is 1. The summed E-state index contributed by atoms with van der Waals surface area (Å²) < 4.78 is 7.88. The molecule has 0 fully saturated rings. The lowest BCUT2D eigenvalue weighted by molar-refractivity contribution is 0.534. The lowest BCUT2D eigenvalue weighted by Crippen LogP contribution is -2.27. The first kappa shape index (κ1) is 11.7. The maximum atomic E-state index is 11.9. The highest BCUT2D eigenvalue weighted by Crippen LogP contribution is 1.98. The van der Waals surface area contributed by atoms with Crippen LogP contribution in [0.3, 0.4) is 0 Å². The molecule has 7 heteroatoms. The Morgan fingerprint density at radius 1 is 1.42 bits per heavy atom. The molecular weight excluding hydrogens is 246 g/mol. The second-order valence-corrected chi connectivity index (χ2v) is 4.12. The van der Waals surface area contributed by atoms with Gasteiger partial charge in [-0.3, -0.25) is 4.98 Å². The highest BCUT2D eigenvalue weighted by Gasteiger charge is 2.05. The molecule has 3 heterocycles. The average molecular weight is 259 g/mol. The van der Waals surface area contributed by atoms with Gasteiger partial charge in [0.05, 0.1) is 25.3 Å². The Hall–Kier alpha value is -2.41. The van der Waals surface area contributed by atoms with Crippen LogP contribution in [-0.2, 0) is 13.1 Å². The molecule has 19 heavy (non-hydrogen) atoms. The Kier molecular flexibility index (Phi) is 3.11. The van der Waals surface area contributed by atoms with Crippen molar-refractivity contribution in [2.24, 2.45) is 0 Å². The van der Waals surface area contributed by atoms with Gasteiger partial charge in [-0.25, -0.2) is 13.9 Å². The molecular formula is C12H13N5O2. The first-order valence-corrected chi connectivity index (χ1v) is 5.95. The van der Waals surface area contributed by atoms with Crippen molar-refractivity contribution in [3.8, 4) is 0 Å². The third-order valence-corrected chi connectivity index (χ3v) is 2.80. The van der Waals surface area contributed by atoms with Gasteiger partial charge in [0.25, 0.3) is 0 Å². The van der Waals surface area contributed by atoms with Crippen molar-refractivity contribution in [2.45, 2.75) is 13.1 Å². The highest BCUT2D eigenvalue weighted by molar-refractivity contribution is 5.31. The van der Waals surface area contributed by atoms with E-state index in [0.29, 0.717) is 25.3 Å². The summed E-state index contributed by atoms with van der Waals surface area (Å²) in [4.78, 5) is 15.9. The van der Waals surface area contributed by atoms with Crippen molar-refractivity contribution < 1.29 is 4.42 Å². The number of hydrogen-bond acceptors (Lipinski definition) is 5. The van der Waals surface area contributed by atoms with E-state index in [9.17, 15) is 4.79 Å². The molecule has 0 aliphatic heterocycles. The van der Waals surface area contributed by atoms with E-state index in [1.807, 2.05) is 6.07 Å². The number of rotatable bonds is 5. The van der Waals surface area contributed by atoms with Gasteiger partial charge in [0.2, 0.25) is 0 Å². The third-order valence-electron chi connectivity index (χ3n) is 2.80. The minimum atomic E-state index is -0.150. The first-order chi connectivity index (χ1) is 9.34. The molecule has 0 aliphatic carbocycles. The van der Waals surface area contributed by atoms with Crippen molar-refractivity contribution in [1.29, 1.82) is 0 Å². The van der Waals surface area contributed by atoms with Gasteiger partial charge in [-0.2, -0.15) is 0 Å². The summed E-state index contributed by atoms with van der Waals surface area (Å²) in [6, 6.07) is 1.90. The van der Waals surface area contributed by atoms with E-state index in [0.717, 1.165) is 5.56 Å². The van der Waals surface area contributed by atoms with Gasteiger partial charge in [0.15, 0.2) is 5.65 Å². The molecule has 0 bridgehead atoms. The molecule has 0 unspecified atom stereocenters.